The van der Waals surface area contributed by atoms with E-state index >= 15 is 0 Å². The van der Waals surface area contributed by atoms with E-state index < -0.39 is 23.1 Å². The van der Waals surface area contributed by atoms with Crippen LogP contribution in [-0.2, 0) is 12.0 Å². The van der Waals surface area contributed by atoms with Crippen molar-refractivity contribution in [2.45, 2.75) is 18.9 Å². The molecule has 1 heterocycles. The Morgan fingerprint density at radius 3 is 2.63 bits per heavy atom. The quantitative estimate of drug-likeness (QED) is 0.927. The Bertz CT molecular complexity index is 599. The van der Waals surface area contributed by atoms with E-state index in [0.29, 0.717) is 0 Å². The van der Waals surface area contributed by atoms with E-state index in [-0.39, 0.29) is 17.5 Å². The Morgan fingerprint density at radius 2 is 1.95 bits per heavy atom. The molecule has 5 heteroatoms. The van der Waals surface area contributed by atoms with Gasteiger partial charge >= 0.3 is 0 Å². The lowest BCUT2D eigenvalue weighted by atomic mass is 9.90. The fourth-order valence-corrected chi connectivity index (χ4v) is 1.86. The second kappa shape index (κ2) is 5.01. The highest BCUT2D eigenvalue weighted by atomic mass is 19.2. The van der Waals surface area contributed by atoms with Gasteiger partial charge < -0.3 is 5.11 Å². The number of pyridine rings is 1. The van der Waals surface area contributed by atoms with Crippen molar-refractivity contribution in [3.63, 3.8) is 0 Å². The lowest BCUT2D eigenvalue weighted by Gasteiger charge is -2.23. The number of hydrogen-bond acceptors (Lipinski definition) is 2. The van der Waals surface area contributed by atoms with Crippen molar-refractivity contribution >= 4 is 0 Å². The molecule has 0 bridgehead atoms. The van der Waals surface area contributed by atoms with Crippen molar-refractivity contribution in [3.05, 3.63) is 65.2 Å². The standard InChI is InChI=1S/C14H12F3NO/c1-14(19,10-5-11(15)8-18-7-10)6-9-3-2-4-12(16)13(9)17/h2-5,7-8,19H,6H2,1H3. The van der Waals surface area contributed by atoms with Crippen molar-refractivity contribution in [2.24, 2.45) is 0 Å². The Kier molecular flexibility index (Phi) is 3.57. The first-order valence-corrected chi connectivity index (χ1v) is 5.66. The molecule has 2 aromatic rings. The van der Waals surface area contributed by atoms with Crippen LogP contribution in [0.4, 0.5) is 13.2 Å². The maximum absolute atomic E-state index is 13.6. The van der Waals surface area contributed by atoms with Crippen LogP contribution in [-0.4, -0.2) is 10.1 Å². The van der Waals surface area contributed by atoms with E-state index in [2.05, 4.69) is 4.98 Å². The number of rotatable bonds is 3. The van der Waals surface area contributed by atoms with Gasteiger partial charge in [0.2, 0.25) is 0 Å². The zero-order chi connectivity index (χ0) is 14.0. The van der Waals surface area contributed by atoms with Crippen LogP contribution < -0.4 is 0 Å². The van der Waals surface area contributed by atoms with E-state index in [1.807, 2.05) is 0 Å². The summed E-state index contributed by atoms with van der Waals surface area (Å²) in [6, 6.07) is 4.84. The minimum Gasteiger partial charge on any atom is -0.385 e. The lowest BCUT2D eigenvalue weighted by Crippen LogP contribution is -2.25. The first-order valence-electron chi connectivity index (χ1n) is 5.66. The Balaban J connectivity index is 2.33. The maximum atomic E-state index is 13.6. The van der Waals surface area contributed by atoms with Gasteiger partial charge in [-0.25, -0.2) is 13.2 Å². The predicted octanol–water partition coefficient (Wildman–Crippen LogP) is 2.95. The van der Waals surface area contributed by atoms with Crippen LogP contribution in [0.3, 0.4) is 0 Å². The van der Waals surface area contributed by atoms with Crippen LogP contribution >= 0.6 is 0 Å². The summed E-state index contributed by atoms with van der Waals surface area (Å²) in [6.45, 7) is 1.40. The molecule has 0 saturated heterocycles. The molecule has 0 aliphatic rings. The summed E-state index contributed by atoms with van der Waals surface area (Å²) in [5, 5.41) is 10.3. The van der Waals surface area contributed by atoms with Crippen LogP contribution in [0.25, 0.3) is 0 Å². The fraction of sp³-hybridized carbons (Fsp3) is 0.214. The number of aromatic nitrogens is 1. The molecule has 2 nitrogen and oxygen atoms in total. The third-order valence-corrected chi connectivity index (χ3v) is 2.89. The first kappa shape index (κ1) is 13.5. The number of aliphatic hydroxyl groups is 1. The summed E-state index contributed by atoms with van der Waals surface area (Å²) in [6.07, 6.45) is 2.12. The molecule has 1 aromatic heterocycles. The smallest absolute Gasteiger partial charge is 0.162 e. The fourth-order valence-electron chi connectivity index (χ4n) is 1.86. The van der Waals surface area contributed by atoms with Gasteiger partial charge in [-0.2, -0.15) is 0 Å². The largest absolute Gasteiger partial charge is 0.385 e. The molecule has 0 fully saturated rings. The molecular weight excluding hydrogens is 255 g/mol. The molecule has 100 valence electrons. The Morgan fingerprint density at radius 1 is 1.21 bits per heavy atom. The summed E-state index contributed by atoms with van der Waals surface area (Å²) in [4.78, 5) is 3.63. The molecule has 0 aliphatic carbocycles. The summed E-state index contributed by atoms with van der Waals surface area (Å²) in [5.74, 6) is -2.59. The SMILES string of the molecule is CC(O)(Cc1cccc(F)c1F)c1cncc(F)c1. The lowest BCUT2D eigenvalue weighted by molar-refractivity contribution is 0.0558. The van der Waals surface area contributed by atoms with Gasteiger partial charge in [0.1, 0.15) is 5.82 Å². The third kappa shape index (κ3) is 2.93. The minimum absolute atomic E-state index is 0.0225. The normalized spacial score (nSPS) is 14.2. The topological polar surface area (TPSA) is 33.1 Å². The number of nitrogens with zero attached hydrogens (tertiary/aromatic N) is 1. The number of halogens is 3. The summed E-state index contributed by atoms with van der Waals surface area (Å²) < 4.78 is 39.7. The predicted molar refractivity (Wildman–Crippen MR) is 63.8 cm³/mol. The average molecular weight is 267 g/mol. The van der Waals surface area contributed by atoms with Gasteiger partial charge in [0.25, 0.3) is 0 Å². The van der Waals surface area contributed by atoms with Gasteiger partial charge in [-0.3, -0.25) is 4.98 Å². The number of benzene rings is 1. The Hall–Kier alpha value is -1.88. The molecule has 2 rings (SSSR count). The maximum Gasteiger partial charge on any atom is 0.162 e. The van der Waals surface area contributed by atoms with Crippen LogP contribution in [0.5, 0.6) is 0 Å². The van der Waals surface area contributed by atoms with Gasteiger partial charge in [-0.1, -0.05) is 12.1 Å². The second-order valence-corrected chi connectivity index (χ2v) is 4.56. The van der Waals surface area contributed by atoms with Crippen LogP contribution in [0, 0.1) is 17.5 Å². The number of hydrogen-bond donors (Lipinski definition) is 1. The zero-order valence-corrected chi connectivity index (χ0v) is 10.2. The highest BCUT2D eigenvalue weighted by molar-refractivity contribution is 5.25. The van der Waals surface area contributed by atoms with Crippen LogP contribution in [0.1, 0.15) is 18.1 Å². The van der Waals surface area contributed by atoms with Gasteiger partial charge in [0.15, 0.2) is 11.6 Å². The van der Waals surface area contributed by atoms with Crippen LogP contribution in [0.2, 0.25) is 0 Å². The van der Waals surface area contributed by atoms with Crippen molar-refractivity contribution in [2.75, 3.05) is 0 Å². The average Bonchev–Trinajstić information content (AvgIpc) is 2.35. The Labute approximate surface area is 108 Å². The summed E-state index contributed by atoms with van der Waals surface area (Å²) in [5.41, 5.74) is -1.31. The van der Waals surface area contributed by atoms with E-state index in [1.54, 1.807) is 0 Å². The van der Waals surface area contributed by atoms with E-state index in [9.17, 15) is 18.3 Å². The molecule has 1 aromatic carbocycles. The van der Waals surface area contributed by atoms with Gasteiger partial charge in [0.05, 0.1) is 11.8 Å². The van der Waals surface area contributed by atoms with Gasteiger partial charge in [-0.15, -0.1) is 0 Å². The van der Waals surface area contributed by atoms with E-state index in [4.69, 9.17) is 0 Å². The van der Waals surface area contributed by atoms with Gasteiger partial charge in [0, 0.05) is 18.2 Å². The zero-order valence-electron chi connectivity index (χ0n) is 10.2. The highest BCUT2D eigenvalue weighted by Gasteiger charge is 2.26. The van der Waals surface area contributed by atoms with Crippen molar-refractivity contribution in [1.29, 1.82) is 0 Å². The molecule has 1 N–H and O–H groups in total. The first-order chi connectivity index (χ1) is 8.90. The van der Waals surface area contributed by atoms with Crippen molar-refractivity contribution < 1.29 is 18.3 Å². The highest BCUT2D eigenvalue weighted by Crippen LogP contribution is 2.26. The van der Waals surface area contributed by atoms with E-state index in [0.717, 1.165) is 18.3 Å². The van der Waals surface area contributed by atoms with E-state index in [1.165, 1.54) is 25.3 Å². The molecular formula is C14H12F3NO. The molecule has 19 heavy (non-hydrogen) atoms. The third-order valence-electron chi connectivity index (χ3n) is 2.89. The molecule has 0 aliphatic heterocycles. The molecule has 0 radical (unpaired) electrons. The van der Waals surface area contributed by atoms with Crippen molar-refractivity contribution in [3.8, 4) is 0 Å². The molecule has 1 unspecified atom stereocenters. The summed E-state index contributed by atoms with van der Waals surface area (Å²) >= 11 is 0. The monoisotopic (exact) mass is 267 g/mol. The van der Waals surface area contributed by atoms with Crippen molar-refractivity contribution in [1.82, 2.24) is 4.98 Å². The molecule has 0 spiro atoms. The molecule has 0 amide bonds. The summed E-state index contributed by atoms with van der Waals surface area (Å²) in [7, 11) is 0. The van der Waals surface area contributed by atoms with Gasteiger partial charge in [-0.05, 0) is 24.6 Å². The minimum atomic E-state index is -1.54. The van der Waals surface area contributed by atoms with Crippen LogP contribution in [0.15, 0.2) is 36.7 Å². The second-order valence-electron chi connectivity index (χ2n) is 4.56. The molecule has 1 atom stereocenters. The molecule has 0 saturated carbocycles.